The number of carbonyl (C=O) groups is 1. The maximum absolute atomic E-state index is 12.0. The first-order chi connectivity index (χ1) is 8.40. The van der Waals surface area contributed by atoms with E-state index in [2.05, 4.69) is 16.5 Å². The molecule has 0 saturated heterocycles. The molecule has 0 fully saturated rings. The first-order valence-electron chi connectivity index (χ1n) is 6.41. The Kier molecular flexibility index (Phi) is 3.32. The fourth-order valence-corrected chi connectivity index (χ4v) is 2.12. The Morgan fingerprint density at radius 2 is 2.22 bits per heavy atom. The summed E-state index contributed by atoms with van der Waals surface area (Å²) in [5.74, 6) is 0. The third-order valence-corrected chi connectivity index (χ3v) is 2.98. The van der Waals surface area contributed by atoms with E-state index >= 15 is 0 Å². The molecule has 5 heteroatoms. The number of hydrogen-bond acceptors (Lipinski definition) is 3. The maximum atomic E-state index is 12.0. The molecule has 0 aliphatic carbocycles. The summed E-state index contributed by atoms with van der Waals surface area (Å²) < 4.78 is 7.52. The zero-order chi connectivity index (χ0) is 13.3. The molecule has 1 aliphatic rings. The molecule has 0 unspecified atom stereocenters. The highest BCUT2D eigenvalue weighted by Gasteiger charge is 2.27. The minimum absolute atomic E-state index is 0.251. The molecular weight excluding hydrogens is 230 g/mol. The number of fused-ring (bicyclic) bond motifs is 1. The number of hydrogen-bond donors (Lipinski definition) is 0. The minimum Gasteiger partial charge on any atom is -0.444 e. The van der Waals surface area contributed by atoms with Gasteiger partial charge in [-0.3, -0.25) is 0 Å². The average Bonchev–Trinajstić information content (AvgIpc) is 2.68. The predicted molar refractivity (Wildman–Crippen MR) is 68.2 cm³/mol. The zero-order valence-electron chi connectivity index (χ0n) is 11.6. The summed E-state index contributed by atoms with van der Waals surface area (Å²) in [6.45, 7) is 9.92. The molecule has 1 amide bonds. The number of aryl methyl sites for hydroxylation is 1. The number of aromatic nitrogens is 2. The van der Waals surface area contributed by atoms with Crippen LogP contribution in [0.2, 0.25) is 0 Å². The van der Waals surface area contributed by atoms with Gasteiger partial charge >= 0.3 is 6.09 Å². The topological polar surface area (TPSA) is 47.4 Å². The average molecular weight is 251 g/mol. The molecular formula is C13H21N3O2. The van der Waals surface area contributed by atoms with Crippen molar-refractivity contribution in [2.75, 3.05) is 6.54 Å². The first-order valence-corrected chi connectivity index (χ1v) is 6.41. The molecule has 1 aromatic heterocycles. The lowest BCUT2D eigenvalue weighted by Gasteiger charge is -2.29. The van der Waals surface area contributed by atoms with Gasteiger partial charge in [-0.1, -0.05) is 0 Å². The molecule has 0 saturated carbocycles. The van der Waals surface area contributed by atoms with Crippen LogP contribution >= 0.6 is 0 Å². The zero-order valence-corrected chi connectivity index (χ0v) is 11.6. The van der Waals surface area contributed by atoms with E-state index < -0.39 is 5.60 Å². The van der Waals surface area contributed by atoms with Crippen molar-refractivity contribution in [2.45, 2.75) is 52.8 Å². The van der Waals surface area contributed by atoms with Gasteiger partial charge in [0.15, 0.2) is 0 Å². The van der Waals surface area contributed by atoms with E-state index in [4.69, 9.17) is 4.74 Å². The molecule has 100 valence electrons. The van der Waals surface area contributed by atoms with Crippen molar-refractivity contribution in [1.29, 1.82) is 0 Å². The molecule has 0 radical (unpaired) electrons. The number of carbonyl (C=O) groups excluding carboxylic acids is 1. The molecule has 0 bridgehead atoms. The van der Waals surface area contributed by atoms with Crippen LogP contribution in [0, 0.1) is 0 Å². The van der Waals surface area contributed by atoms with Gasteiger partial charge in [-0.05, 0) is 27.7 Å². The van der Waals surface area contributed by atoms with Crippen LogP contribution in [0.25, 0.3) is 0 Å². The second kappa shape index (κ2) is 4.63. The third kappa shape index (κ3) is 2.66. The largest absolute Gasteiger partial charge is 0.444 e. The second-order valence-corrected chi connectivity index (χ2v) is 5.58. The van der Waals surface area contributed by atoms with E-state index in [1.54, 1.807) is 4.90 Å². The van der Waals surface area contributed by atoms with Gasteiger partial charge in [0.25, 0.3) is 0 Å². The molecule has 1 aliphatic heterocycles. The van der Waals surface area contributed by atoms with Crippen molar-refractivity contribution in [3.63, 3.8) is 0 Å². The van der Waals surface area contributed by atoms with Crippen molar-refractivity contribution >= 4 is 6.09 Å². The number of imidazole rings is 1. The molecule has 0 aromatic carbocycles. The molecule has 0 spiro atoms. The molecule has 2 heterocycles. The van der Waals surface area contributed by atoms with Crippen LogP contribution in [0.3, 0.4) is 0 Å². The first kappa shape index (κ1) is 12.9. The normalized spacial score (nSPS) is 15.4. The van der Waals surface area contributed by atoms with Gasteiger partial charge in [0, 0.05) is 25.2 Å². The van der Waals surface area contributed by atoms with Gasteiger partial charge in [0.1, 0.15) is 5.60 Å². The summed E-state index contributed by atoms with van der Waals surface area (Å²) in [6, 6.07) is 0. The second-order valence-electron chi connectivity index (χ2n) is 5.58. The Bertz CT molecular complexity index is 446. The number of rotatable bonds is 1. The lowest BCUT2D eigenvalue weighted by molar-refractivity contribution is 0.0220. The van der Waals surface area contributed by atoms with E-state index in [0.29, 0.717) is 13.1 Å². The molecule has 0 N–H and O–H groups in total. The van der Waals surface area contributed by atoms with Crippen LogP contribution in [-0.2, 0) is 24.2 Å². The highest BCUT2D eigenvalue weighted by atomic mass is 16.6. The van der Waals surface area contributed by atoms with Crippen molar-refractivity contribution in [3.05, 3.63) is 17.7 Å². The van der Waals surface area contributed by atoms with Crippen LogP contribution in [0.4, 0.5) is 4.79 Å². The van der Waals surface area contributed by atoms with E-state index in [0.717, 1.165) is 18.7 Å². The lowest BCUT2D eigenvalue weighted by Crippen LogP contribution is -2.40. The number of amides is 1. The number of ether oxygens (including phenoxy) is 1. The Morgan fingerprint density at radius 1 is 1.50 bits per heavy atom. The Balaban J connectivity index is 2.06. The van der Waals surface area contributed by atoms with Crippen molar-refractivity contribution < 1.29 is 9.53 Å². The quantitative estimate of drug-likeness (QED) is 0.768. The maximum Gasteiger partial charge on any atom is 0.410 e. The van der Waals surface area contributed by atoms with Gasteiger partial charge < -0.3 is 14.2 Å². The van der Waals surface area contributed by atoms with Crippen LogP contribution in [-0.4, -0.2) is 32.7 Å². The van der Waals surface area contributed by atoms with Crippen LogP contribution in [0.15, 0.2) is 6.33 Å². The predicted octanol–water partition coefficient (Wildman–Crippen LogP) is 2.20. The van der Waals surface area contributed by atoms with Crippen molar-refractivity contribution in [2.24, 2.45) is 0 Å². The van der Waals surface area contributed by atoms with E-state index in [9.17, 15) is 4.79 Å². The smallest absolute Gasteiger partial charge is 0.410 e. The SMILES string of the molecule is CCn1cnc2c1CCN(C(=O)OC(C)(C)C)C2. The Hall–Kier alpha value is -1.52. The fraction of sp³-hybridized carbons (Fsp3) is 0.692. The van der Waals surface area contributed by atoms with E-state index in [1.165, 1.54) is 5.69 Å². The summed E-state index contributed by atoms with van der Waals surface area (Å²) >= 11 is 0. The molecule has 1 aromatic rings. The van der Waals surface area contributed by atoms with Crippen molar-refractivity contribution in [1.82, 2.24) is 14.5 Å². The molecule has 2 rings (SSSR count). The van der Waals surface area contributed by atoms with Crippen LogP contribution < -0.4 is 0 Å². The van der Waals surface area contributed by atoms with Crippen molar-refractivity contribution in [3.8, 4) is 0 Å². The highest BCUT2D eigenvalue weighted by molar-refractivity contribution is 5.68. The van der Waals surface area contributed by atoms with Crippen LogP contribution in [0.5, 0.6) is 0 Å². The fourth-order valence-electron chi connectivity index (χ4n) is 2.12. The summed E-state index contributed by atoms with van der Waals surface area (Å²) in [5.41, 5.74) is 1.80. The Morgan fingerprint density at radius 3 is 2.83 bits per heavy atom. The van der Waals surface area contributed by atoms with E-state index in [-0.39, 0.29) is 6.09 Å². The van der Waals surface area contributed by atoms with Gasteiger partial charge in [-0.15, -0.1) is 0 Å². The standard InChI is InChI=1S/C13H21N3O2/c1-5-15-9-14-10-8-16(7-6-11(10)15)12(17)18-13(2,3)4/h9H,5-8H2,1-4H3. The summed E-state index contributed by atoms with van der Waals surface area (Å²) in [5, 5.41) is 0. The van der Waals surface area contributed by atoms with Gasteiger partial charge in [0.05, 0.1) is 18.6 Å². The third-order valence-electron chi connectivity index (χ3n) is 2.98. The van der Waals surface area contributed by atoms with E-state index in [1.807, 2.05) is 27.1 Å². The Labute approximate surface area is 108 Å². The van der Waals surface area contributed by atoms with Crippen LogP contribution in [0.1, 0.15) is 39.1 Å². The monoisotopic (exact) mass is 251 g/mol. The van der Waals surface area contributed by atoms with Gasteiger partial charge in [-0.25, -0.2) is 9.78 Å². The summed E-state index contributed by atoms with van der Waals surface area (Å²) in [6.07, 6.45) is 2.45. The summed E-state index contributed by atoms with van der Waals surface area (Å²) in [4.78, 5) is 18.1. The molecule has 0 atom stereocenters. The van der Waals surface area contributed by atoms with Gasteiger partial charge in [0.2, 0.25) is 0 Å². The molecule has 18 heavy (non-hydrogen) atoms. The summed E-state index contributed by atoms with van der Waals surface area (Å²) in [7, 11) is 0. The molecule has 5 nitrogen and oxygen atoms in total. The van der Waals surface area contributed by atoms with Gasteiger partial charge in [-0.2, -0.15) is 0 Å². The minimum atomic E-state index is -0.444. The lowest BCUT2D eigenvalue weighted by atomic mass is 10.1. The number of nitrogens with zero attached hydrogens (tertiary/aromatic N) is 3. The highest BCUT2D eigenvalue weighted by Crippen LogP contribution is 2.20.